The van der Waals surface area contributed by atoms with E-state index < -0.39 is 12.5 Å². The average Bonchev–Trinajstić information content (AvgIpc) is 3.34. The predicted octanol–water partition coefficient (Wildman–Crippen LogP) is 3.30. The van der Waals surface area contributed by atoms with Crippen molar-refractivity contribution in [1.29, 1.82) is 0 Å². The molecule has 1 atom stereocenters. The molecule has 1 aliphatic rings. The SMILES string of the molecule is O=C(CO)NCc1[nH]c2c(Cl)c(Cl)ccc2c1-c1cnn(C2CCCOC2)c1. The molecule has 1 fully saturated rings. The smallest absolute Gasteiger partial charge is 0.246 e. The zero-order valence-electron chi connectivity index (χ0n) is 15.0. The van der Waals surface area contributed by atoms with Crippen LogP contribution in [0.2, 0.25) is 10.0 Å². The van der Waals surface area contributed by atoms with Crippen LogP contribution in [0.1, 0.15) is 24.6 Å². The molecule has 1 aliphatic heterocycles. The molecule has 0 bridgehead atoms. The van der Waals surface area contributed by atoms with Gasteiger partial charge in [0.2, 0.25) is 5.91 Å². The second-order valence-corrected chi connectivity index (χ2v) is 7.56. The average molecular weight is 423 g/mol. The van der Waals surface area contributed by atoms with Crippen molar-refractivity contribution in [1.82, 2.24) is 20.1 Å². The van der Waals surface area contributed by atoms with Gasteiger partial charge in [0, 0.05) is 35.0 Å². The lowest BCUT2D eigenvalue weighted by Gasteiger charge is -2.22. The Bertz CT molecular complexity index is 1010. The molecule has 7 nitrogen and oxygen atoms in total. The van der Waals surface area contributed by atoms with Crippen LogP contribution in [0.4, 0.5) is 0 Å². The maximum absolute atomic E-state index is 11.5. The van der Waals surface area contributed by atoms with E-state index in [1.807, 2.05) is 16.9 Å². The Balaban J connectivity index is 1.76. The first-order valence-corrected chi connectivity index (χ1v) is 9.82. The van der Waals surface area contributed by atoms with Gasteiger partial charge in [-0.25, -0.2) is 0 Å². The van der Waals surface area contributed by atoms with Crippen molar-refractivity contribution in [2.24, 2.45) is 0 Å². The summed E-state index contributed by atoms with van der Waals surface area (Å²) in [6.07, 6.45) is 5.83. The number of hydrogen-bond donors (Lipinski definition) is 3. The van der Waals surface area contributed by atoms with Crippen LogP contribution in [0.25, 0.3) is 22.0 Å². The van der Waals surface area contributed by atoms with E-state index in [1.54, 1.807) is 12.3 Å². The summed E-state index contributed by atoms with van der Waals surface area (Å²) >= 11 is 12.6. The van der Waals surface area contributed by atoms with Crippen molar-refractivity contribution in [2.45, 2.75) is 25.4 Å². The van der Waals surface area contributed by atoms with Gasteiger partial charge in [0.05, 0.1) is 41.0 Å². The molecule has 3 aromatic rings. The first kappa shape index (κ1) is 19.3. The molecule has 0 saturated carbocycles. The Morgan fingerprint density at radius 2 is 2.29 bits per heavy atom. The van der Waals surface area contributed by atoms with Crippen LogP contribution in [-0.4, -0.2) is 45.6 Å². The number of amides is 1. The Kier molecular flexibility index (Phi) is 5.59. The largest absolute Gasteiger partial charge is 0.387 e. The number of aromatic amines is 1. The molecular formula is C19H20Cl2N4O3. The lowest BCUT2D eigenvalue weighted by atomic mass is 10.0. The minimum atomic E-state index is -0.568. The quantitative estimate of drug-likeness (QED) is 0.587. The van der Waals surface area contributed by atoms with Gasteiger partial charge in [0.1, 0.15) is 6.61 Å². The number of halogens is 2. The highest BCUT2D eigenvalue weighted by Crippen LogP contribution is 2.38. The number of benzene rings is 1. The number of nitrogens with zero attached hydrogens (tertiary/aromatic N) is 2. The summed E-state index contributed by atoms with van der Waals surface area (Å²) in [6.45, 7) is 1.09. The number of fused-ring (bicyclic) bond motifs is 1. The third-order valence-electron chi connectivity index (χ3n) is 4.95. The van der Waals surface area contributed by atoms with E-state index in [1.165, 1.54) is 0 Å². The first-order chi connectivity index (χ1) is 13.6. The summed E-state index contributed by atoms with van der Waals surface area (Å²) in [5.41, 5.74) is 3.27. The maximum Gasteiger partial charge on any atom is 0.246 e. The standard InChI is InChI=1S/C19H20Cl2N4O3/c20-14-4-3-13-17(11-6-23-25(8-11)12-2-1-5-28-10-12)15(7-22-16(27)9-26)24-19(13)18(14)21/h3-4,6,8,12,24,26H,1-2,5,7,9-10H2,(H,22,27). The lowest BCUT2D eigenvalue weighted by Crippen LogP contribution is -2.25. The van der Waals surface area contributed by atoms with Crippen LogP contribution in [0.3, 0.4) is 0 Å². The summed E-state index contributed by atoms with van der Waals surface area (Å²) < 4.78 is 7.50. The Morgan fingerprint density at radius 3 is 3.04 bits per heavy atom. The maximum atomic E-state index is 11.5. The summed E-state index contributed by atoms with van der Waals surface area (Å²) in [5, 5.41) is 18.0. The molecule has 1 amide bonds. The van der Waals surface area contributed by atoms with Crippen molar-refractivity contribution >= 4 is 40.0 Å². The summed E-state index contributed by atoms with van der Waals surface area (Å²) in [6, 6.07) is 3.86. The topological polar surface area (TPSA) is 92.2 Å². The monoisotopic (exact) mass is 422 g/mol. The normalized spacial score (nSPS) is 17.2. The van der Waals surface area contributed by atoms with Gasteiger partial charge in [-0.2, -0.15) is 5.10 Å². The highest BCUT2D eigenvalue weighted by molar-refractivity contribution is 6.45. The molecule has 9 heteroatoms. The first-order valence-electron chi connectivity index (χ1n) is 9.07. The highest BCUT2D eigenvalue weighted by Gasteiger charge is 2.21. The summed E-state index contributed by atoms with van der Waals surface area (Å²) in [4.78, 5) is 14.8. The fraction of sp³-hybridized carbons (Fsp3) is 0.368. The molecular weight excluding hydrogens is 403 g/mol. The van der Waals surface area contributed by atoms with Crippen molar-refractivity contribution in [3.8, 4) is 11.1 Å². The van der Waals surface area contributed by atoms with E-state index in [-0.39, 0.29) is 12.6 Å². The number of ether oxygens (including phenoxy) is 1. The van der Waals surface area contributed by atoms with Gasteiger partial charge >= 0.3 is 0 Å². The molecule has 148 valence electrons. The predicted molar refractivity (Wildman–Crippen MR) is 108 cm³/mol. The van der Waals surface area contributed by atoms with Crippen LogP contribution in [-0.2, 0) is 16.1 Å². The van der Waals surface area contributed by atoms with Gasteiger partial charge in [-0.05, 0) is 18.9 Å². The van der Waals surface area contributed by atoms with E-state index in [0.29, 0.717) is 22.2 Å². The Hall–Kier alpha value is -2.06. The van der Waals surface area contributed by atoms with Crippen LogP contribution >= 0.6 is 23.2 Å². The fourth-order valence-corrected chi connectivity index (χ4v) is 3.93. The van der Waals surface area contributed by atoms with E-state index in [9.17, 15) is 4.79 Å². The summed E-state index contributed by atoms with van der Waals surface area (Å²) in [5.74, 6) is -0.455. The van der Waals surface area contributed by atoms with Crippen molar-refractivity contribution in [2.75, 3.05) is 19.8 Å². The third-order valence-corrected chi connectivity index (χ3v) is 5.75. The molecule has 0 spiro atoms. The van der Waals surface area contributed by atoms with E-state index >= 15 is 0 Å². The van der Waals surface area contributed by atoms with E-state index in [2.05, 4.69) is 15.4 Å². The number of carbonyl (C=O) groups excluding carboxylic acids is 1. The van der Waals surface area contributed by atoms with Gasteiger partial charge in [-0.1, -0.05) is 29.3 Å². The highest BCUT2D eigenvalue weighted by atomic mass is 35.5. The Labute approximate surface area is 171 Å². The van der Waals surface area contributed by atoms with Gasteiger partial charge in [0.25, 0.3) is 0 Å². The summed E-state index contributed by atoms with van der Waals surface area (Å²) in [7, 11) is 0. The number of H-pyrrole nitrogens is 1. The molecule has 0 radical (unpaired) electrons. The van der Waals surface area contributed by atoms with Crippen molar-refractivity contribution in [3.05, 3.63) is 40.3 Å². The molecule has 0 aliphatic carbocycles. The minimum Gasteiger partial charge on any atom is -0.387 e. The third kappa shape index (κ3) is 3.63. The van der Waals surface area contributed by atoms with Crippen LogP contribution in [0.5, 0.6) is 0 Å². The Morgan fingerprint density at radius 1 is 1.43 bits per heavy atom. The second kappa shape index (κ2) is 8.13. The molecule has 3 heterocycles. The molecule has 1 aromatic carbocycles. The van der Waals surface area contributed by atoms with Crippen LogP contribution < -0.4 is 5.32 Å². The molecule has 2 aromatic heterocycles. The number of aromatic nitrogens is 3. The number of aliphatic hydroxyl groups excluding tert-OH is 1. The molecule has 1 saturated heterocycles. The van der Waals surface area contributed by atoms with Gasteiger partial charge in [-0.3, -0.25) is 9.48 Å². The lowest BCUT2D eigenvalue weighted by molar-refractivity contribution is -0.123. The van der Waals surface area contributed by atoms with Crippen molar-refractivity contribution in [3.63, 3.8) is 0 Å². The molecule has 4 rings (SSSR count). The fourth-order valence-electron chi connectivity index (χ4n) is 3.56. The zero-order chi connectivity index (χ0) is 19.7. The van der Waals surface area contributed by atoms with E-state index in [0.717, 1.165) is 41.7 Å². The van der Waals surface area contributed by atoms with Crippen LogP contribution in [0.15, 0.2) is 24.5 Å². The number of carbonyl (C=O) groups is 1. The number of nitrogens with one attached hydrogen (secondary N) is 2. The van der Waals surface area contributed by atoms with Crippen molar-refractivity contribution < 1.29 is 14.6 Å². The van der Waals surface area contributed by atoms with Gasteiger partial charge in [0.15, 0.2) is 0 Å². The van der Waals surface area contributed by atoms with Gasteiger partial charge < -0.3 is 20.1 Å². The molecule has 1 unspecified atom stereocenters. The number of aliphatic hydroxyl groups is 1. The van der Waals surface area contributed by atoms with E-state index in [4.69, 9.17) is 33.0 Å². The van der Waals surface area contributed by atoms with Crippen LogP contribution in [0, 0.1) is 0 Å². The number of rotatable bonds is 5. The van der Waals surface area contributed by atoms with Gasteiger partial charge in [-0.15, -0.1) is 0 Å². The number of hydrogen-bond acceptors (Lipinski definition) is 4. The molecule has 28 heavy (non-hydrogen) atoms. The second-order valence-electron chi connectivity index (χ2n) is 6.78. The zero-order valence-corrected chi connectivity index (χ0v) is 16.6. The molecule has 3 N–H and O–H groups in total. The minimum absolute atomic E-state index is 0.211.